The maximum absolute atomic E-state index is 2.34. The predicted octanol–water partition coefficient (Wildman–Crippen LogP) is 6.11. The molecule has 0 atom stereocenters. The van der Waals surface area contributed by atoms with Crippen LogP contribution in [0.4, 0.5) is 0 Å². The van der Waals surface area contributed by atoms with Crippen LogP contribution in [0.15, 0.2) is 54.6 Å². The standard InChI is InChI=1S/C19H12S/c1-11-9-13-10-12-5-2-3-6-15(12)19-17(13)18-14(11)7-4-8-16(18)20-19/h2-10H,1H3. The molecule has 1 heteroatoms. The van der Waals surface area contributed by atoms with Gasteiger partial charge in [-0.25, -0.2) is 0 Å². The van der Waals surface area contributed by atoms with E-state index in [9.17, 15) is 0 Å². The molecular weight excluding hydrogens is 260 g/mol. The Balaban J connectivity index is 2.25. The summed E-state index contributed by atoms with van der Waals surface area (Å²) in [4.78, 5) is 0. The summed E-state index contributed by atoms with van der Waals surface area (Å²) < 4.78 is 2.84. The van der Waals surface area contributed by atoms with Gasteiger partial charge in [-0.05, 0) is 46.2 Å². The number of benzene rings is 4. The molecule has 1 heterocycles. The average molecular weight is 272 g/mol. The minimum Gasteiger partial charge on any atom is -0.134 e. The zero-order valence-corrected chi connectivity index (χ0v) is 11.9. The normalized spacial score (nSPS) is 12.2. The van der Waals surface area contributed by atoms with Crippen LogP contribution >= 0.6 is 11.3 Å². The van der Waals surface area contributed by atoms with E-state index in [0.29, 0.717) is 0 Å². The summed E-state index contributed by atoms with van der Waals surface area (Å²) in [5, 5.41) is 8.40. The fourth-order valence-electron chi connectivity index (χ4n) is 3.44. The first-order valence-corrected chi connectivity index (χ1v) is 7.70. The first-order chi connectivity index (χ1) is 9.83. The van der Waals surface area contributed by atoms with E-state index in [2.05, 4.69) is 61.5 Å². The smallest absolute Gasteiger partial charge is 0.0440 e. The summed E-state index contributed by atoms with van der Waals surface area (Å²) in [6.45, 7) is 2.22. The number of aryl methyl sites for hydroxylation is 1. The summed E-state index contributed by atoms with van der Waals surface area (Å²) in [7, 11) is 0. The highest BCUT2D eigenvalue weighted by Crippen LogP contribution is 2.44. The van der Waals surface area contributed by atoms with Crippen LogP contribution in [0.5, 0.6) is 0 Å². The molecule has 5 aromatic rings. The lowest BCUT2D eigenvalue weighted by atomic mass is 9.95. The van der Waals surface area contributed by atoms with Crippen LogP contribution in [0.2, 0.25) is 0 Å². The molecule has 0 aliphatic carbocycles. The Morgan fingerprint density at radius 1 is 0.750 bits per heavy atom. The van der Waals surface area contributed by atoms with E-state index < -0.39 is 0 Å². The van der Waals surface area contributed by atoms with Crippen molar-refractivity contribution in [1.29, 1.82) is 0 Å². The Labute approximate surface area is 120 Å². The van der Waals surface area contributed by atoms with E-state index in [1.165, 1.54) is 47.3 Å². The highest BCUT2D eigenvalue weighted by molar-refractivity contribution is 7.27. The van der Waals surface area contributed by atoms with Gasteiger partial charge < -0.3 is 0 Å². The molecule has 1 aromatic heterocycles. The van der Waals surface area contributed by atoms with Crippen molar-refractivity contribution in [2.24, 2.45) is 0 Å². The molecule has 94 valence electrons. The number of rotatable bonds is 0. The summed E-state index contributed by atoms with van der Waals surface area (Å²) in [6.07, 6.45) is 0. The third-order valence-electron chi connectivity index (χ3n) is 4.32. The van der Waals surface area contributed by atoms with Gasteiger partial charge in [-0.2, -0.15) is 0 Å². The van der Waals surface area contributed by atoms with E-state index >= 15 is 0 Å². The van der Waals surface area contributed by atoms with Gasteiger partial charge in [-0.15, -0.1) is 11.3 Å². The molecule has 4 aromatic carbocycles. The lowest BCUT2D eigenvalue weighted by Crippen LogP contribution is -1.82. The number of hydrogen-bond acceptors (Lipinski definition) is 1. The molecule has 0 radical (unpaired) electrons. The predicted molar refractivity (Wildman–Crippen MR) is 90.3 cm³/mol. The highest BCUT2D eigenvalue weighted by Gasteiger charge is 2.14. The number of thiophene rings is 1. The van der Waals surface area contributed by atoms with Crippen molar-refractivity contribution < 1.29 is 0 Å². The maximum atomic E-state index is 2.34. The minimum atomic E-state index is 1.34. The van der Waals surface area contributed by atoms with Crippen LogP contribution in [-0.4, -0.2) is 0 Å². The molecule has 0 aliphatic heterocycles. The molecule has 0 bridgehead atoms. The minimum absolute atomic E-state index is 1.34. The Hall–Kier alpha value is -2.12. The van der Waals surface area contributed by atoms with Gasteiger partial charge >= 0.3 is 0 Å². The van der Waals surface area contributed by atoms with Crippen molar-refractivity contribution >= 4 is 53.1 Å². The van der Waals surface area contributed by atoms with Gasteiger partial charge in [0.15, 0.2) is 0 Å². The van der Waals surface area contributed by atoms with Crippen molar-refractivity contribution in [3.05, 3.63) is 60.2 Å². The topological polar surface area (TPSA) is 0 Å². The van der Waals surface area contributed by atoms with E-state index in [0.717, 1.165) is 0 Å². The lowest BCUT2D eigenvalue weighted by Gasteiger charge is -2.07. The Kier molecular flexibility index (Phi) is 1.86. The Morgan fingerprint density at radius 2 is 1.60 bits per heavy atom. The second-order valence-electron chi connectivity index (χ2n) is 5.50. The third kappa shape index (κ3) is 1.17. The SMILES string of the molecule is Cc1cc2cc3ccccc3c3sc4cccc1c4c23. The van der Waals surface area contributed by atoms with Gasteiger partial charge in [-0.1, -0.05) is 42.5 Å². The van der Waals surface area contributed by atoms with Gasteiger partial charge in [-0.3, -0.25) is 0 Å². The molecule has 0 spiro atoms. The fraction of sp³-hybridized carbons (Fsp3) is 0.0526. The molecular formula is C19H12S. The number of fused-ring (bicyclic) bond motifs is 2. The largest absolute Gasteiger partial charge is 0.134 e. The van der Waals surface area contributed by atoms with E-state index in [1.54, 1.807) is 0 Å². The monoisotopic (exact) mass is 272 g/mol. The maximum Gasteiger partial charge on any atom is 0.0440 e. The van der Waals surface area contributed by atoms with Crippen molar-refractivity contribution in [3.63, 3.8) is 0 Å². The van der Waals surface area contributed by atoms with Gasteiger partial charge in [0.05, 0.1) is 0 Å². The summed E-state index contributed by atoms with van der Waals surface area (Å²) in [5.74, 6) is 0. The Morgan fingerprint density at radius 3 is 2.55 bits per heavy atom. The highest BCUT2D eigenvalue weighted by atomic mass is 32.1. The fourth-order valence-corrected chi connectivity index (χ4v) is 4.73. The summed E-state index contributed by atoms with van der Waals surface area (Å²) in [6, 6.07) is 20.1. The molecule has 20 heavy (non-hydrogen) atoms. The zero-order valence-electron chi connectivity index (χ0n) is 11.1. The molecule has 0 aliphatic rings. The van der Waals surface area contributed by atoms with Crippen LogP contribution in [0.3, 0.4) is 0 Å². The van der Waals surface area contributed by atoms with Crippen LogP contribution < -0.4 is 0 Å². The van der Waals surface area contributed by atoms with E-state index in [-0.39, 0.29) is 0 Å². The van der Waals surface area contributed by atoms with Crippen LogP contribution in [-0.2, 0) is 0 Å². The molecule has 0 amide bonds. The van der Waals surface area contributed by atoms with Gasteiger partial charge in [0.1, 0.15) is 0 Å². The molecule has 0 N–H and O–H groups in total. The second-order valence-corrected chi connectivity index (χ2v) is 6.55. The summed E-state index contributed by atoms with van der Waals surface area (Å²) >= 11 is 1.93. The van der Waals surface area contributed by atoms with E-state index in [4.69, 9.17) is 0 Å². The summed E-state index contributed by atoms with van der Waals surface area (Å²) in [5.41, 5.74) is 1.37. The lowest BCUT2D eigenvalue weighted by molar-refractivity contribution is 1.57. The molecule has 0 unspecified atom stereocenters. The first-order valence-electron chi connectivity index (χ1n) is 6.88. The quantitative estimate of drug-likeness (QED) is 0.236. The molecule has 0 nitrogen and oxygen atoms in total. The Bertz CT molecular complexity index is 1100. The van der Waals surface area contributed by atoms with Crippen molar-refractivity contribution in [2.75, 3.05) is 0 Å². The van der Waals surface area contributed by atoms with Crippen LogP contribution in [0, 0.1) is 6.92 Å². The van der Waals surface area contributed by atoms with Crippen LogP contribution in [0.25, 0.3) is 41.7 Å². The van der Waals surface area contributed by atoms with E-state index in [1.807, 2.05) is 11.3 Å². The first kappa shape index (κ1) is 10.6. The third-order valence-corrected chi connectivity index (χ3v) is 5.51. The van der Waals surface area contributed by atoms with Crippen molar-refractivity contribution in [2.45, 2.75) is 6.92 Å². The number of hydrogen-bond donors (Lipinski definition) is 0. The zero-order chi connectivity index (χ0) is 13.3. The second kappa shape index (κ2) is 3.50. The van der Waals surface area contributed by atoms with Gasteiger partial charge in [0.25, 0.3) is 0 Å². The van der Waals surface area contributed by atoms with Gasteiger partial charge in [0.2, 0.25) is 0 Å². The van der Waals surface area contributed by atoms with Gasteiger partial charge in [0, 0.05) is 20.2 Å². The van der Waals surface area contributed by atoms with Crippen molar-refractivity contribution in [3.8, 4) is 0 Å². The molecule has 0 saturated heterocycles. The van der Waals surface area contributed by atoms with Crippen LogP contribution in [0.1, 0.15) is 5.56 Å². The van der Waals surface area contributed by atoms with Crippen molar-refractivity contribution in [1.82, 2.24) is 0 Å². The average Bonchev–Trinajstić information content (AvgIpc) is 2.86. The molecule has 0 fully saturated rings. The molecule has 5 rings (SSSR count). The molecule has 0 saturated carbocycles.